The van der Waals surface area contributed by atoms with Crippen molar-refractivity contribution in [3.8, 4) is 0 Å². The highest BCUT2D eigenvalue weighted by molar-refractivity contribution is 5.34. The van der Waals surface area contributed by atoms with Gasteiger partial charge in [0.1, 0.15) is 0 Å². The molecule has 1 heterocycles. The Balaban J connectivity index is 2.58. The van der Waals surface area contributed by atoms with E-state index in [0.29, 0.717) is 0 Å². The molecule has 0 N–H and O–H groups in total. The van der Waals surface area contributed by atoms with Crippen molar-refractivity contribution in [3.63, 3.8) is 0 Å². The zero-order valence-corrected chi connectivity index (χ0v) is 11.3. The summed E-state index contributed by atoms with van der Waals surface area (Å²) in [5.74, 6) is 0. The fourth-order valence-electron chi connectivity index (χ4n) is 2.35. The van der Waals surface area contributed by atoms with Gasteiger partial charge in [0, 0.05) is 13.1 Å². The lowest BCUT2D eigenvalue weighted by molar-refractivity contribution is 0.280. The number of hydrogen-bond acceptors (Lipinski definition) is 1. The van der Waals surface area contributed by atoms with Crippen LogP contribution in [0, 0.1) is 0 Å². The molecule has 0 unspecified atom stereocenters. The number of unbranched alkanes of at least 4 members (excludes halogenated alkanes) is 1. The molecule has 1 aliphatic heterocycles. The molecule has 0 aliphatic carbocycles. The van der Waals surface area contributed by atoms with Crippen LogP contribution in [0.5, 0.6) is 0 Å². The summed E-state index contributed by atoms with van der Waals surface area (Å²) in [6, 6.07) is 0. The van der Waals surface area contributed by atoms with Gasteiger partial charge in [-0.25, -0.2) is 0 Å². The van der Waals surface area contributed by atoms with Crippen LogP contribution in [0.25, 0.3) is 0 Å². The zero-order valence-electron chi connectivity index (χ0n) is 11.3. The van der Waals surface area contributed by atoms with E-state index in [2.05, 4.69) is 37.8 Å². The maximum atomic E-state index is 2.61. The molecule has 0 saturated carbocycles. The maximum absolute atomic E-state index is 2.61. The summed E-state index contributed by atoms with van der Waals surface area (Å²) >= 11 is 0. The van der Waals surface area contributed by atoms with Crippen molar-refractivity contribution in [2.24, 2.45) is 0 Å². The number of likely N-dealkylation sites (tertiary alicyclic amines) is 1. The third kappa shape index (κ3) is 4.13. The van der Waals surface area contributed by atoms with Crippen LogP contribution in [0.15, 0.2) is 23.3 Å². The molecule has 1 rings (SSSR count). The fraction of sp³-hybridized carbons (Fsp3) is 0.733. The second kappa shape index (κ2) is 7.67. The summed E-state index contributed by atoms with van der Waals surface area (Å²) in [6.07, 6.45) is 11.1. The summed E-state index contributed by atoms with van der Waals surface area (Å²) < 4.78 is 0. The number of hydrogen-bond donors (Lipinski definition) is 0. The lowest BCUT2D eigenvalue weighted by Crippen LogP contribution is -2.33. The van der Waals surface area contributed by atoms with Crippen LogP contribution in [-0.2, 0) is 0 Å². The molecule has 0 aromatic heterocycles. The van der Waals surface area contributed by atoms with Gasteiger partial charge in [-0.05, 0) is 43.4 Å². The molecular weight excluding hydrogens is 194 g/mol. The zero-order chi connectivity index (χ0) is 11.8. The topological polar surface area (TPSA) is 3.24 Å². The molecule has 16 heavy (non-hydrogen) atoms. The highest BCUT2D eigenvalue weighted by atomic mass is 15.1. The van der Waals surface area contributed by atoms with E-state index < -0.39 is 0 Å². The quantitative estimate of drug-likeness (QED) is 0.673. The molecule has 0 spiro atoms. The average Bonchev–Trinajstić information content (AvgIpc) is 2.30. The Morgan fingerprint density at radius 2 is 1.75 bits per heavy atom. The van der Waals surface area contributed by atoms with Crippen LogP contribution >= 0.6 is 0 Å². The average molecular weight is 221 g/mol. The Morgan fingerprint density at radius 3 is 2.38 bits per heavy atom. The Morgan fingerprint density at radius 1 is 1.06 bits per heavy atom. The van der Waals surface area contributed by atoms with Gasteiger partial charge in [0.25, 0.3) is 0 Å². The second-order valence-electron chi connectivity index (χ2n) is 4.65. The monoisotopic (exact) mass is 221 g/mol. The summed E-state index contributed by atoms with van der Waals surface area (Å²) in [5, 5.41) is 0. The molecule has 1 aliphatic rings. The Labute approximate surface area is 101 Å². The van der Waals surface area contributed by atoms with Crippen molar-refractivity contribution in [2.45, 2.75) is 52.9 Å². The number of allylic oxidation sites excluding steroid dienone is 2. The van der Waals surface area contributed by atoms with Crippen molar-refractivity contribution in [1.29, 1.82) is 0 Å². The molecule has 92 valence electrons. The lowest BCUT2D eigenvalue weighted by atomic mass is 9.95. The van der Waals surface area contributed by atoms with Gasteiger partial charge >= 0.3 is 0 Å². The minimum absolute atomic E-state index is 1.16. The third-order valence-corrected chi connectivity index (χ3v) is 3.23. The first-order chi connectivity index (χ1) is 7.81. The molecule has 1 nitrogen and oxygen atoms in total. The van der Waals surface area contributed by atoms with Crippen LogP contribution < -0.4 is 0 Å². The smallest absolute Gasteiger partial charge is 0.0233 e. The van der Waals surface area contributed by atoms with Gasteiger partial charge in [-0.2, -0.15) is 0 Å². The van der Waals surface area contributed by atoms with E-state index in [1.54, 1.807) is 11.1 Å². The molecule has 0 aromatic carbocycles. The highest BCUT2D eigenvalue weighted by Crippen LogP contribution is 2.23. The Hall–Kier alpha value is -0.560. The van der Waals surface area contributed by atoms with Crippen LogP contribution in [-0.4, -0.2) is 24.5 Å². The summed E-state index contributed by atoms with van der Waals surface area (Å²) in [6.45, 7) is 10.5. The molecular formula is C15H27N. The number of piperidine rings is 1. The van der Waals surface area contributed by atoms with E-state index in [4.69, 9.17) is 0 Å². The molecule has 0 atom stereocenters. The van der Waals surface area contributed by atoms with E-state index in [1.807, 2.05) is 0 Å². The van der Waals surface area contributed by atoms with Gasteiger partial charge in [0.2, 0.25) is 0 Å². The minimum atomic E-state index is 1.16. The van der Waals surface area contributed by atoms with Gasteiger partial charge in [-0.15, -0.1) is 0 Å². The molecule has 0 bridgehead atoms. The van der Waals surface area contributed by atoms with E-state index >= 15 is 0 Å². The van der Waals surface area contributed by atoms with Gasteiger partial charge in [0.05, 0.1) is 0 Å². The molecule has 0 aromatic rings. The van der Waals surface area contributed by atoms with E-state index in [-0.39, 0.29) is 0 Å². The first kappa shape index (κ1) is 13.5. The molecule has 0 radical (unpaired) electrons. The molecule has 0 amide bonds. The van der Waals surface area contributed by atoms with E-state index in [1.165, 1.54) is 45.3 Å². The van der Waals surface area contributed by atoms with Crippen LogP contribution in [0.2, 0.25) is 0 Å². The van der Waals surface area contributed by atoms with Crippen LogP contribution in [0.1, 0.15) is 52.9 Å². The first-order valence-corrected chi connectivity index (χ1v) is 6.92. The molecule has 1 heteroatoms. The lowest BCUT2D eigenvalue weighted by Gasteiger charge is -2.30. The predicted octanol–water partition coefficient (Wildman–Crippen LogP) is 4.17. The van der Waals surface area contributed by atoms with Crippen molar-refractivity contribution in [2.75, 3.05) is 19.6 Å². The summed E-state index contributed by atoms with van der Waals surface area (Å²) in [5.41, 5.74) is 3.20. The van der Waals surface area contributed by atoms with Crippen LogP contribution in [0.3, 0.4) is 0 Å². The van der Waals surface area contributed by atoms with Crippen molar-refractivity contribution in [3.05, 3.63) is 23.3 Å². The number of rotatable bonds is 5. The van der Waals surface area contributed by atoms with Gasteiger partial charge < -0.3 is 0 Å². The minimum Gasteiger partial charge on any atom is -0.299 e. The fourth-order valence-corrected chi connectivity index (χ4v) is 2.35. The van der Waals surface area contributed by atoms with Gasteiger partial charge in [-0.1, -0.05) is 39.3 Å². The first-order valence-electron chi connectivity index (χ1n) is 6.92. The standard InChI is InChI=1S/C15H27N/c1-4-7-11-16-12-10-14(8-5-2)15(13-16)9-6-3/h8-9H,4-7,10-13H2,1-3H3. The van der Waals surface area contributed by atoms with E-state index in [9.17, 15) is 0 Å². The van der Waals surface area contributed by atoms with Crippen molar-refractivity contribution < 1.29 is 0 Å². The predicted molar refractivity (Wildman–Crippen MR) is 72.7 cm³/mol. The van der Waals surface area contributed by atoms with Gasteiger partial charge in [0.15, 0.2) is 0 Å². The molecule has 1 saturated heterocycles. The van der Waals surface area contributed by atoms with Crippen molar-refractivity contribution in [1.82, 2.24) is 4.90 Å². The molecule has 1 fully saturated rings. The number of nitrogens with zero attached hydrogens (tertiary/aromatic N) is 1. The summed E-state index contributed by atoms with van der Waals surface area (Å²) in [4.78, 5) is 2.61. The Kier molecular flexibility index (Phi) is 6.47. The third-order valence-electron chi connectivity index (χ3n) is 3.23. The largest absolute Gasteiger partial charge is 0.299 e. The van der Waals surface area contributed by atoms with E-state index in [0.717, 1.165) is 6.42 Å². The van der Waals surface area contributed by atoms with Gasteiger partial charge in [-0.3, -0.25) is 4.90 Å². The Bertz CT molecular complexity index is 250. The second-order valence-corrected chi connectivity index (χ2v) is 4.65. The normalized spacial score (nSPS) is 23.2. The SMILES string of the molecule is CCC=C1CCN(CCCC)CC1=CCC. The highest BCUT2D eigenvalue weighted by Gasteiger charge is 2.16. The summed E-state index contributed by atoms with van der Waals surface area (Å²) in [7, 11) is 0. The van der Waals surface area contributed by atoms with Crippen LogP contribution in [0.4, 0.5) is 0 Å². The maximum Gasteiger partial charge on any atom is 0.0233 e. The van der Waals surface area contributed by atoms with Crippen molar-refractivity contribution >= 4 is 0 Å².